The number of amides is 1. The summed E-state index contributed by atoms with van der Waals surface area (Å²) in [6.45, 7) is 12.4. The summed E-state index contributed by atoms with van der Waals surface area (Å²) in [5, 5.41) is 7.90. The molecular weight excluding hydrogens is 380 g/mol. The van der Waals surface area contributed by atoms with Crippen molar-refractivity contribution in [3.8, 4) is 11.5 Å². The van der Waals surface area contributed by atoms with Gasteiger partial charge in [0, 0.05) is 36.8 Å². The van der Waals surface area contributed by atoms with Gasteiger partial charge in [-0.1, -0.05) is 40.7 Å². The molecule has 0 radical (unpaired) electrons. The number of fused-ring (bicyclic) bond motifs is 1. The molecule has 0 bridgehead atoms. The van der Waals surface area contributed by atoms with E-state index in [0.717, 1.165) is 17.7 Å². The summed E-state index contributed by atoms with van der Waals surface area (Å²) in [6, 6.07) is 7.50. The van der Waals surface area contributed by atoms with Gasteiger partial charge in [0.1, 0.15) is 0 Å². The summed E-state index contributed by atoms with van der Waals surface area (Å²) in [5.41, 5.74) is 8.42. The second kappa shape index (κ2) is 10.5. The number of aryl methyl sites for hydroxylation is 1. The van der Waals surface area contributed by atoms with Gasteiger partial charge in [-0.2, -0.15) is 0 Å². The van der Waals surface area contributed by atoms with Crippen molar-refractivity contribution in [2.45, 2.75) is 53.9 Å². The lowest BCUT2D eigenvalue weighted by Gasteiger charge is -2.21. The normalized spacial score (nSPS) is 15.2. The molecule has 8 nitrogen and oxygen atoms in total. The molecule has 4 rings (SSSR count). The van der Waals surface area contributed by atoms with Crippen molar-refractivity contribution in [1.82, 2.24) is 20.2 Å². The first-order valence-electron chi connectivity index (χ1n) is 10.4. The van der Waals surface area contributed by atoms with Crippen LogP contribution >= 0.6 is 0 Å². The lowest BCUT2D eigenvalue weighted by molar-refractivity contribution is 0.0988. The molecule has 30 heavy (non-hydrogen) atoms. The molecular formula is C22H30N6O2. The standard InChI is InChI=1S/C18H18N6O2.2C2H6/c1-10-6-7-24(17(25)14-9-20-18(19)21-15(10)14)13-5-3-4-12(8-13)16-23-22-11(2)26-16;2*1-2/h3-5,8-10H,6-7H2,1-2H3,(H2,19,20,21);2*1-2H3. The third-order valence-electron chi connectivity index (χ3n) is 4.50. The summed E-state index contributed by atoms with van der Waals surface area (Å²) in [4.78, 5) is 23.1. The fourth-order valence-corrected chi connectivity index (χ4v) is 3.12. The number of aromatic nitrogens is 4. The third-order valence-corrected chi connectivity index (χ3v) is 4.50. The van der Waals surface area contributed by atoms with E-state index in [0.29, 0.717) is 29.6 Å². The van der Waals surface area contributed by atoms with Gasteiger partial charge < -0.3 is 15.1 Å². The van der Waals surface area contributed by atoms with Crippen molar-refractivity contribution >= 4 is 17.5 Å². The number of nitrogens with two attached hydrogens (primary N) is 1. The number of carbonyl (C=O) groups excluding carboxylic acids is 1. The Morgan fingerprint density at radius 3 is 2.57 bits per heavy atom. The van der Waals surface area contributed by atoms with Crippen LogP contribution in [0.2, 0.25) is 0 Å². The molecule has 160 valence electrons. The maximum atomic E-state index is 13.1. The average Bonchev–Trinajstić information content (AvgIpc) is 3.18. The molecule has 3 heterocycles. The Morgan fingerprint density at radius 2 is 1.90 bits per heavy atom. The van der Waals surface area contributed by atoms with E-state index in [1.807, 2.05) is 58.9 Å². The third kappa shape index (κ3) is 4.82. The maximum absolute atomic E-state index is 13.1. The molecule has 0 saturated heterocycles. The van der Waals surface area contributed by atoms with Gasteiger partial charge in [-0.05, 0) is 24.6 Å². The lowest BCUT2D eigenvalue weighted by atomic mass is 10.0. The summed E-state index contributed by atoms with van der Waals surface area (Å²) in [7, 11) is 0. The minimum Gasteiger partial charge on any atom is -0.421 e. The molecule has 8 heteroatoms. The number of benzene rings is 1. The van der Waals surface area contributed by atoms with E-state index in [1.54, 1.807) is 11.8 Å². The molecule has 1 aliphatic rings. The number of hydrogen-bond acceptors (Lipinski definition) is 7. The minimum atomic E-state index is -0.136. The van der Waals surface area contributed by atoms with Crippen LogP contribution in [0, 0.1) is 6.92 Å². The van der Waals surface area contributed by atoms with Crippen molar-refractivity contribution < 1.29 is 9.21 Å². The minimum absolute atomic E-state index is 0.117. The van der Waals surface area contributed by atoms with Crippen LogP contribution in [0.1, 0.15) is 68.9 Å². The van der Waals surface area contributed by atoms with Crippen LogP contribution in [0.5, 0.6) is 0 Å². The van der Waals surface area contributed by atoms with E-state index < -0.39 is 0 Å². The molecule has 1 atom stereocenters. The Hall–Kier alpha value is -3.29. The van der Waals surface area contributed by atoms with Crippen molar-refractivity contribution in [3.05, 3.63) is 47.6 Å². The highest BCUT2D eigenvalue weighted by atomic mass is 16.4. The molecule has 2 aromatic heterocycles. The van der Waals surface area contributed by atoms with Crippen LogP contribution in [-0.2, 0) is 0 Å². The first kappa shape index (κ1) is 23.0. The first-order valence-corrected chi connectivity index (χ1v) is 10.4. The number of nitrogens with zero attached hydrogens (tertiary/aromatic N) is 5. The molecule has 0 spiro atoms. The smallest absolute Gasteiger partial charge is 0.261 e. The lowest BCUT2D eigenvalue weighted by Crippen LogP contribution is -2.31. The predicted octanol–water partition coefficient (Wildman–Crippen LogP) is 4.62. The van der Waals surface area contributed by atoms with Gasteiger partial charge in [-0.15, -0.1) is 10.2 Å². The Labute approximate surface area is 177 Å². The highest BCUT2D eigenvalue weighted by Gasteiger charge is 2.29. The van der Waals surface area contributed by atoms with E-state index in [9.17, 15) is 4.79 Å². The summed E-state index contributed by atoms with van der Waals surface area (Å²) in [5.74, 6) is 1.09. The number of carbonyl (C=O) groups is 1. The van der Waals surface area contributed by atoms with E-state index in [2.05, 4.69) is 20.2 Å². The second-order valence-electron chi connectivity index (χ2n) is 6.35. The molecule has 0 fully saturated rings. The quantitative estimate of drug-likeness (QED) is 0.656. The van der Waals surface area contributed by atoms with Gasteiger partial charge in [-0.25, -0.2) is 9.97 Å². The Balaban J connectivity index is 0.000000757. The van der Waals surface area contributed by atoms with Crippen molar-refractivity contribution in [3.63, 3.8) is 0 Å². The van der Waals surface area contributed by atoms with Crippen LogP contribution in [0.4, 0.5) is 11.6 Å². The molecule has 1 aliphatic heterocycles. The van der Waals surface area contributed by atoms with Crippen molar-refractivity contribution in [1.29, 1.82) is 0 Å². The number of nitrogen functional groups attached to an aromatic ring is 1. The van der Waals surface area contributed by atoms with Gasteiger partial charge in [0.15, 0.2) is 0 Å². The van der Waals surface area contributed by atoms with Gasteiger partial charge in [0.2, 0.25) is 17.7 Å². The zero-order chi connectivity index (χ0) is 22.3. The summed E-state index contributed by atoms with van der Waals surface area (Å²) in [6.07, 6.45) is 2.29. The van der Waals surface area contributed by atoms with Gasteiger partial charge in [0.25, 0.3) is 5.91 Å². The van der Waals surface area contributed by atoms with Crippen LogP contribution in [0.25, 0.3) is 11.5 Å². The number of rotatable bonds is 2. The van der Waals surface area contributed by atoms with Crippen LogP contribution < -0.4 is 10.6 Å². The number of anilines is 2. The van der Waals surface area contributed by atoms with E-state index in [4.69, 9.17) is 10.2 Å². The fourth-order valence-electron chi connectivity index (χ4n) is 3.12. The largest absolute Gasteiger partial charge is 0.421 e. The zero-order valence-electron chi connectivity index (χ0n) is 18.5. The monoisotopic (exact) mass is 410 g/mol. The number of hydrogen-bond donors (Lipinski definition) is 1. The molecule has 0 saturated carbocycles. The van der Waals surface area contributed by atoms with Gasteiger partial charge in [0.05, 0.1) is 11.3 Å². The molecule has 1 unspecified atom stereocenters. The Kier molecular flexibility index (Phi) is 8.03. The summed E-state index contributed by atoms with van der Waals surface area (Å²) < 4.78 is 5.49. The molecule has 3 aromatic rings. The highest BCUT2D eigenvalue weighted by molar-refractivity contribution is 6.07. The van der Waals surface area contributed by atoms with Crippen LogP contribution in [-0.4, -0.2) is 32.6 Å². The predicted molar refractivity (Wildman–Crippen MR) is 118 cm³/mol. The van der Waals surface area contributed by atoms with Crippen LogP contribution in [0.3, 0.4) is 0 Å². The topological polar surface area (TPSA) is 111 Å². The van der Waals surface area contributed by atoms with Crippen LogP contribution in [0.15, 0.2) is 34.9 Å². The van der Waals surface area contributed by atoms with Gasteiger partial charge in [-0.3, -0.25) is 4.79 Å². The maximum Gasteiger partial charge on any atom is 0.261 e. The fraction of sp³-hybridized carbons (Fsp3) is 0.409. The molecule has 1 aromatic carbocycles. The van der Waals surface area contributed by atoms with E-state index >= 15 is 0 Å². The van der Waals surface area contributed by atoms with Crippen molar-refractivity contribution in [2.24, 2.45) is 0 Å². The SMILES string of the molecule is CC.CC.Cc1nnc(-c2cccc(N3CCC(C)c4nc(N)ncc4C3=O)c2)o1. The van der Waals surface area contributed by atoms with Crippen molar-refractivity contribution in [2.75, 3.05) is 17.2 Å². The average molecular weight is 411 g/mol. The van der Waals surface area contributed by atoms with Gasteiger partial charge >= 0.3 is 0 Å². The Bertz CT molecular complexity index is 985. The second-order valence-corrected chi connectivity index (χ2v) is 6.35. The Morgan fingerprint density at radius 1 is 1.17 bits per heavy atom. The zero-order valence-corrected chi connectivity index (χ0v) is 18.5. The molecule has 1 amide bonds. The van der Waals surface area contributed by atoms with E-state index in [-0.39, 0.29) is 17.8 Å². The van der Waals surface area contributed by atoms with E-state index in [1.165, 1.54) is 6.20 Å². The first-order chi connectivity index (χ1) is 14.5. The highest BCUT2D eigenvalue weighted by Crippen LogP contribution is 2.31. The summed E-state index contributed by atoms with van der Waals surface area (Å²) >= 11 is 0. The molecule has 0 aliphatic carbocycles. The molecule has 2 N–H and O–H groups in total.